The van der Waals surface area contributed by atoms with E-state index in [4.69, 9.17) is 21.3 Å². The Hall–Kier alpha value is -3.48. The zero-order chi connectivity index (χ0) is 29.0. The second-order valence-electron chi connectivity index (χ2n) is 11.1. The summed E-state index contributed by atoms with van der Waals surface area (Å²) >= 11 is 8.00. The molecule has 0 saturated heterocycles. The SMILES string of the molecule is CCCCSc1c(CC(C)(C)C(=O)O)[nH]c2ccc(OCc3ccc4ccccc4n3)c(Cc3ccc(Cl)cc3)c12. The minimum Gasteiger partial charge on any atom is -0.487 e. The number of rotatable bonds is 12. The van der Waals surface area contributed by atoms with E-state index in [1.165, 1.54) is 0 Å². The van der Waals surface area contributed by atoms with Gasteiger partial charge in [-0.1, -0.05) is 61.3 Å². The van der Waals surface area contributed by atoms with E-state index in [2.05, 4.69) is 24.0 Å². The number of unbranched alkanes of at least 4 members (excludes halogenated alkanes) is 1. The average Bonchev–Trinajstić information content (AvgIpc) is 3.30. The standard InChI is InChI=1S/C34H35ClN2O3S/c1-4-5-18-41-32-29(20-34(2,3)33(38)39)37-28-16-17-30(26(31(28)32)19-22-10-13-24(35)14-11-22)40-21-25-15-12-23-8-6-7-9-27(23)36-25/h6-17,37H,4-5,18-21H2,1-3H3,(H,38,39). The molecule has 5 aromatic rings. The number of pyridine rings is 1. The molecule has 0 fully saturated rings. The zero-order valence-electron chi connectivity index (χ0n) is 23.7. The monoisotopic (exact) mass is 586 g/mol. The van der Waals surface area contributed by atoms with E-state index in [0.717, 1.165) is 73.6 Å². The van der Waals surface area contributed by atoms with Gasteiger partial charge < -0.3 is 14.8 Å². The summed E-state index contributed by atoms with van der Waals surface area (Å²) in [5, 5.41) is 12.8. The lowest BCUT2D eigenvalue weighted by Gasteiger charge is -2.19. The van der Waals surface area contributed by atoms with Crippen molar-refractivity contribution in [3.8, 4) is 5.75 Å². The van der Waals surface area contributed by atoms with Crippen molar-refractivity contribution in [3.63, 3.8) is 0 Å². The molecule has 5 nitrogen and oxygen atoms in total. The summed E-state index contributed by atoms with van der Waals surface area (Å²) in [6.07, 6.45) is 3.23. The third-order valence-electron chi connectivity index (χ3n) is 7.32. The van der Waals surface area contributed by atoms with E-state index >= 15 is 0 Å². The van der Waals surface area contributed by atoms with Crippen molar-refractivity contribution in [1.29, 1.82) is 0 Å². The molecule has 2 heterocycles. The summed E-state index contributed by atoms with van der Waals surface area (Å²) in [6.45, 7) is 6.08. The van der Waals surface area contributed by atoms with Gasteiger partial charge in [0, 0.05) is 50.3 Å². The number of halogens is 1. The molecular weight excluding hydrogens is 552 g/mol. The molecule has 7 heteroatoms. The number of hydrogen-bond donors (Lipinski definition) is 2. The number of para-hydroxylation sites is 1. The Kier molecular flexibility index (Phi) is 8.91. The number of H-pyrrole nitrogens is 1. The first kappa shape index (κ1) is 29.0. The Labute approximate surface area is 250 Å². The van der Waals surface area contributed by atoms with Gasteiger partial charge in [0.2, 0.25) is 0 Å². The molecule has 0 saturated carbocycles. The quantitative estimate of drug-likeness (QED) is 0.113. The molecule has 0 spiro atoms. The van der Waals surface area contributed by atoms with E-state index in [9.17, 15) is 9.90 Å². The molecule has 2 aromatic heterocycles. The molecule has 3 aromatic carbocycles. The number of nitrogens with zero attached hydrogens (tertiary/aromatic N) is 1. The summed E-state index contributed by atoms with van der Waals surface area (Å²) in [5.74, 6) is 0.938. The van der Waals surface area contributed by atoms with E-state index in [1.54, 1.807) is 25.6 Å². The lowest BCUT2D eigenvalue weighted by molar-refractivity contribution is -0.146. The number of aromatic amines is 1. The molecule has 0 aliphatic carbocycles. The van der Waals surface area contributed by atoms with Crippen LogP contribution in [0.5, 0.6) is 5.75 Å². The van der Waals surface area contributed by atoms with Gasteiger partial charge in [-0.2, -0.15) is 0 Å². The molecule has 41 heavy (non-hydrogen) atoms. The highest BCUT2D eigenvalue weighted by Crippen LogP contribution is 2.41. The molecule has 0 atom stereocenters. The molecule has 2 N–H and O–H groups in total. The van der Waals surface area contributed by atoms with Crippen molar-refractivity contribution in [2.24, 2.45) is 5.41 Å². The summed E-state index contributed by atoms with van der Waals surface area (Å²) < 4.78 is 6.50. The molecule has 5 rings (SSSR count). The van der Waals surface area contributed by atoms with Gasteiger partial charge in [-0.25, -0.2) is 4.98 Å². The Bertz CT molecular complexity index is 1680. The second kappa shape index (κ2) is 12.6. The number of benzene rings is 3. The molecule has 0 radical (unpaired) electrons. The maximum Gasteiger partial charge on any atom is 0.309 e. The van der Waals surface area contributed by atoms with Crippen molar-refractivity contribution in [2.75, 3.05) is 5.75 Å². The van der Waals surface area contributed by atoms with Crippen LogP contribution in [0.2, 0.25) is 5.02 Å². The number of ether oxygens (including phenoxy) is 1. The number of nitrogens with one attached hydrogen (secondary N) is 1. The van der Waals surface area contributed by atoms with Gasteiger partial charge in [0.25, 0.3) is 0 Å². The van der Waals surface area contributed by atoms with Crippen LogP contribution in [0.4, 0.5) is 0 Å². The van der Waals surface area contributed by atoms with Gasteiger partial charge >= 0.3 is 5.97 Å². The number of carboxylic acids is 1. The van der Waals surface area contributed by atoms with E-state index < -0.39 is 11.4 Å². The van der Waals surface area contributed by atoms with E-state index in [0.29, 0.717) is 24.5 Å². The first-order chi connectivity index (χ1) is 19.7. The predicted octanol–water partition coefficient (Wildman–Crippen LogP) is 9.08. The lowest BCUT2D eigenvalue weighted by Crippen LogP contribution is -2.26. The van der Waals surface area contributed by atoms with Crippen LogP contribution in [0.1, 0.15) is 56.1 Å². The summed E-state index contributed by atoms with van der Waals surface area (Å²) in [7, 11) is 0. The fourth-order valence-corrected chi connectivity index (χ4v) is 6.38. The van der Waals surface area contributed by atoms with Crippen LogP contribution < -0.4 is 4.74 Å². The van der Waals surface area contributed by atoms with Crippen molar-refractivity contribution >= 4 is 51.1 Å². The van der Waals surface area contributed by atoms with Crippen molar-refractivity contribution in [1.82, 2.24) is 9.97 Å². The van der Waals surface area contributed by atoms with Crippen LogP contribution in [-0.4, -0.2) is 26.8 Å². The average molecular weight is 587 g/mol. The van der Waals surface area contributed by atoms with Crippen LogP contribution >= 0.6 is 23.4 Å². The van der Waals surface area contributed by atoms with Gasteiger partial charge in [-0.05, 0) is 68.0 Å². The number of fused-ring (bicyclic) bond motifs is 2. The molecule has 212 valence electrons. The minimum atomic E-state index is -0.904. The van der Waals surface area contributed by atoms with Crippen molar-refractivity contribution in [3.05, 3.63) is 100 Å². The molecule has 0 aliphatic heterocycles. The van der Waals surface area contributed by atoms with Gasteiger partial charge in [0.05, 0.1) is 16.6 Å². The summed E-state index contributed by atoms with van der Waals surface area (Å²) in [5.41, 5.74) is 5.03. The topological polar surface area (TPSA) is 75.2 Å². The minimum absolute atomic E-state index is 0.339. The van der Waals surface area contributed by atoms with Gasteiger partial charge in [-0.15, -0.1) is 11.8 Å². The summed E-state index contributed by atoms with van der Waals surface area (Å²) in [6, 6.07) is 24.1. The number of aromatic nitrogens is 2. The number of aliphatic carboxylic acids is 1. The Morgan fingerprint density at radius 3 is 2.59 bits per heavy atom. The highest BCUT2D eigenvalue weighted by molar-refractivity contribution is 7.99. The van der Waals surface area contributed by atoms with E-state index in [1.807, 2.05) is 60.7 Å². The molecule has 0 unspecified atom stereocenters. The van der Waals surface area contributed by atoms with Crippen LogP contribution in [0.25, 0.3) is 21.8 Å². The van der Waals surface area contributed by atoms with Crippen molar-refractivity contribution in [2.45, 2.75) is 58.0 Å². The largest absolute Gasteiger partial charge is 0.487 e. The molecular formula is C34H35ClN2O3S. The third kappa shape index (κ3) is 6.71. The second-order valence-corrected chi connectivity index (χ2v) is 12.6. The van der Waals surface area contributed by atoms with Crippen LogP contribution in [-0.2, 0) is 24.2 Å². The third-order valence-corrected chi connectivity index (χ3v) is 8.81. The Balaban J connectivity index is 1.59. The van der Waals surface area contributed by atoms with Crippen LogP contribution in [0.3, 0.4) is 0 Å². The van der Waals surface area contributed by atoms with Gasteiger partial charge in [0.1, 0.15) is 12.4 Å². The van der Waals surface area contributed by atoms with Crippen LogP contribution in [0, 0.1) is 5.41 Å². The molecule has 0 bridgehead atoms. The zero-order valence-corrected chi connectivity index (χ0v) is 25.2. The predicted molar refractivity (Wildman–Crippen MR) is 169 cm³/mol. The number of thioether (sulfide) groups is 1. The summed E-state index contributed by atoms with van der Waals surface area (Å²) in [4.78, 5) is 21.5. The maximum atomic E-state index is 12.0. The smallest absolute Gasteiger partial charge is 0.309 e. The lowest BCUT2D eigenvalue weighted by atomic mass is 9.88. The Morgan fingerprint density at radius 2 is 1.83 bits per heavy atom. The molecule has 0 aliphatic rings. The fourth-order valence-electron chi connectivity index (χ4n) is 4.94. The number of carboxylic acid groups (broad SMARTS) is 1. The highest BCUT2D eigenvalue weighted by Gasteiger charge is 2.30. The fraction of sp³-hybridized carbons (Fsp3) is 0.294. The molecule has 0 amide bonds. The highest BCUT2D eigenvalue weighted by atomic mass is 35.5. The normalized spacial score (nSPS) is 11.8. The van der Waals surface area contributed by atoms with Crippen LogP contribution in [0.15, 0.2) is 77.7 Å². The Morgan fingerprint density at radius 1 is 1.05 bits per heavy atom. The first-order valence-corrected chi connectivity index (χ1v) is 15.4. The number of carbonyl (C=O) groups is 1. The van der Waals surface area contributed by atoms with Gasteiger partial charge in [0.15, 0.2) is 0 Å². The maximum absolute atomic E-state index is 12.0. The van der Waals surface area contributed by atoms with Crippen molar-refractivity contribution < 1.29 is 14.6 Å². The number of hydrogen-bond acceptors (Lipinski definition) is 4. The first-order valence-electron chi connectivity index (χ1n) is 14.0. The van der Waals surface area contributed by atoms with E-state index in [-0.39, 0.29) is 0 Å². The van der Waals surface area contributed by atoms with Gasteiger partial charge in [-0.3, -0.25) is 4.79 Å².